The van der Waals surface area contributed by atoms with Gasteiger partial charge in [-0.2, -0.15) is 5.26 Å². The molecule has 0 saturated heterocycles. The van der Waals surface area contributed by atoms with Crippen LogP contribution in [-0.4, -0.2) is 13.6 Å². The molecule has 0 spiro atoms. The van der Waals surface area contributed by atoms with Gasteiger partial charge in [0.05, 0.1) is 11.6 Å². The fourth-order valence-corrected chi connectivity index (χ4v) is 2.90. The average molecular weight is 321 g/mol. The number of nitrogens with zero attached hydrogens (tertiary/aromatic N) is 2. The Morgan fingerprint density at radius 1 is 1.39 bits per heavy atom. The number of anilines is 1. The minimum absolute atomic E-state index is 0.683. The van der Waals surface area contributed by atoms with Gasteiger partial charge in [0.1, 0.15) is 0 Å². The lowest BCUT2D eigenvalue weighted by Crippen LogP contribution is -2.20. The molecule has 0 fully saturated rings. The highest BCUT2D eigenvalue weighted by Gasteiger charge is 2.05. The molecule has 0 unspecified atom stereocenters. The van der Waals surface area contributed by atoms with Crippen molar-refractivity contribution in [3.8, 4) is 6.07 Å². The van der Waals surface area contributed by atoms with Crippen molar-refractivity contribution in [1.29, 1.82) is 5.26 Å². The summed E-state index contributed by atoms with van der Waals surface area (Å²) in [6.07, 6.45) is 1.03. The standard InChI is InChI=1S/C14H13BrN2S/c1-17(5-4-14-3-2-6-18-14)13-8-11(10-16)7-12(15)9-13/h2-3,6-9H,4-5H2,1H3. The van der Waals surface area contributed by atoms with E-state index in [0.29, 0.717) is 5.56 Å². The van der Waals surface area contributed by atoms with Crippen LogP contribution in [0, 0.1) is 11.3 Å². The van der Waals surface area contributed by atoms with Crippen molar-refractivity contribution in [3.05, 3.63) is 50.6 Å². The first-order chi connectivity index (χ1) is 8.69. The number of benzene rings is 1. The van der Waals surface area contributed by atoms with Gasteiger partial charge < -0.3 is 4.90 Å². The monoisotopic (exact) mass is 320 g/mol. The first kappa shape index (κ1) is 13.1. The molecule has 0 aliphatic rings. The second kappa shape index (κ2) is 6.03. The van der Waals surface area contributed by atoms with Crippen LogP contribution in [0.3, 0.4) is 0 Å². The summed E-state index contributed by atoms with van der Waals surface area (Å²) in [5.41, 5.74) is 1.75. The molecule has 1 aromatic heterocycles. The van der Waals surface area contributed by atoms with E-state index >= 15 is 0 Å². The van der Waals surface area contributed by atoms with Gasteiger partial charge in [-0.05, 0) is 36.1 Å². The van der Waals surface area contributed by atoms with E-state index in [1.807, 2.05) is 18.2 Å². The third kappa shape index (κ3) is 3.34. The SMILES string of the molecule is CN(CCc1cccs1)c1cc(Br)cc(C#N)c1. The number of rotatable bonds is 4. The maximum atomic E-state index is 8.96. The predicted octanol–water partition coefficient (Wildman–Crippen LogP) is 4.06. The van der Waals surface area contributed by atoms with Crippen LogP contribution in [0.5, 0.6) is 0 Å². The van der Waals surface area contributed by atoms with Crippen molar-refractivity contribution in [1.82, 2.24) is 0 Å². The zero-order valence-corrected chi connectivity index (χ0v) is 12.5. The molecule has 1 heterocycles. The fraction of sp³-hybridized carbons (Fsp3) is 0.214. The molecule has 2 nitrogen and oxygen atoms in total. The highest BCUT2D eigenvalue weighted by Crippen LogP contribution is 2.22. The normalized spacial score (nSPS) is 10.1. The molecular weight excluding hydrogens is 308 g/mol. The van der Waals surface area contributed by atoms with Crippen molar-refractivity contribution in [2.24, 2.45) is 0 Å². The van der Waals surface area contributed by atoms with E-state index in [4.69, 9.17) is 5.26 Å². The lowest BCUT2D eigenvalue weighted by Gasteiger charge is -2.19. The summed E-state index contributed by atoms with van der Waals surface area (Å²) in [7, 11) is 2.05. The van der Waals surface area contributed by atoms with E-state index in [2.05, 4.69) is 51.5 Å². The zero-order valence-electron chi connectivity index (χ0n) is 10.1. The lowest BCUT2D eigenvalue weighted by atomic mass is 10.2. The summed E-state index contributed by atoms with van der Waals surface area (Å²) in [4.78, 5) is 3.56. The van der Waals surface area contributed by atoms with E-state index in [0.717, 1.165) is 23.1 Å². The van der Waals surface area contributed by atoms with Gasteiger partial charge in [0.15, 0.2) is 0 Å². The summed E-state index contributed by atoms with van der Waals surface area (Å²) < 4.78 is 0.944. The topological polar surface area (TPSA) is 27.0 Å². The van der Waals surface area contributed by atoms with Crippen LogP contribution in [0.25, 0.3) is 0 Å². The largest absolute Gasteiger partial charge is 0.374 e. The molecule has 0 aliphatic heterocycles. The molecule has 0 N–H and O–H groups in total. The van der Waals surface area contributed by atoms with Crippen LogP contribution in [0.1, 0.15) is 10.4 Å². The number of hydrogen-bond donors (Lipinski definition) is 0. The van der Waals surface area contributed by atoms with Crippen LogP contribution in [0.2, 0.25) is 0 Å². The van der Waals surface area contributed by atoms with Crippen LogP contribution in [0.15, 0.2) is 40.2 Å². The Morgan fingerprint density at radius 3 is 2.89 bits per heavy atom. The third-order valence-corrected chi connectivity index (χ3v) is 4.12. The van der Waals surface area contributed by atoms with E-state index in [1.54, 1.807) is 11.3 Å². The first-order valence-corrected chi connectivity index (χ1v) is 7.30. The van der Waals surface area contributed by atoms with Gasteiger partial charge in [0, 0.05) is 28.6 Å². The Hall–Kier alpha value is -1.31. The number of likely N-dealkylation sites (N-methyl/N-ethyl adjacent to an activating group) is 1. The van der Waals surface area contributed by atoms with E-state index in [9.17, 15) is 0 Å². The Labute approximate surface area is 120 Å². The van der Waals surface area contributed by atoms with Crippen LogP contribution >= 0.6 is 27.3 Å². The van der Waals surface area contributed by atoms with E-state index in [-0.39, 0.29) is 0 Å². The van der Waals surface area contributed by atoms with Gasteiger partial charge in [-0.15, -0.1) is 11.3 Å². The Morgan fingerprint density at radius 2 is 2.22 bits per heavy atom. The van der Waals surface area contributed by atoms with Gasteiger partial charge in [0.2, 0.25) is 0 Å². The number of thiophene rings is 1. The Bertz CT molecular complexity index is 558. The van der Waals surface area contributed by atoms with Crippen molar-refractivity contribution in [2.45, 2.75) is 6.42 Å². The number of hydrogen-bond acceptors (Lipinski definition) is 3. The molecule has 4 heteroatoms. The summed E-state index contributed by atoms with van der Waals surface area (Å²) in [6, 6.07) is 12.2. The molecule has 0 atom stereocenters. The van der Waals surface area contributed by atoms with Crippen molar-refractivity contribution in [2.75, 3.05) is 18.5 Å². The molecule has 0 amide bonds. The molecule has 2 rings (SSSR count). The second-order valence-corrected chi connectivity index (χ2v) is 6.01. The Balaban J connectivity index is 2.06. The van der Waals surface area contributed by atoms with Gasteiger partial charge >= 0.3 is 0 Å². The zero-order chi connectivity index (χ0) is 13.0. The van der Waals surface area contributed by atoms with Gasteiger partial charge in [-0.25, -0.2) is 0 Å². The number of halogens is 1. The maximum Gasteiger partial charge on any atom is 0.0992 e. The lowest BCUT2D eigenvalue weighted by molar-refractivity contribution is 0.887. The molecule has 0 saturated carbocycles. The summed E-state index contributed by atoms with van der Waals surface area (Å²) >= 11 is 5.22. The van der Waals surface area contributed by atoms with Crippen LogP contribution in [-0.2, 0) is 6.42 Å². The molecule has 0 bridgehead atoms. The highest BCUT2D eigenvalue weighted by atomic mass is 79.9. The molecule has 2 aromatic rings. The quantitative estimate of drug-likeness (QED) is 0.849. The maximum absolute atomic E-state index is 8.96. The summed E-state index contributed by atoms with van der Waals surface area (Å²) in [5, 5.41) is 11.1. The van der Waals surface area contributed by atoms with Crippen molar-refractivity contribution in [3.63, 3.8) is 0 Å². The molecule has 0 aliphatic carbocycles. The van der Waals surface area contributed by atoms with Crippen LogP contribution < -0.4 is 4.90 Å². The molecular formula is C14H13BrN2S. The van der Waals surface area contributed by atoms with Crippen molar-refractivity contribution < 1.29 is 0 Å². The van der Waals surface area contributed by atoms with Gasteiger partial charge in [0.25, 0.3) is 0 Å². The molecule has 1 aromatic carbocycles. The third-order valence-electron chi connectivity index (χ3n) is 2.73. The summed E-state index contributed by atoms with van der Waals surface area (Å²) in [5.74, 6) is 0. The molecule has 18 heavy (non-hydrogen) atoms. The smallest absolute Gasteiger partial charge is 0.0992 e. The van der Waals surface area contributed by atoms with E-state index in [1.165, 1.54) is 4.88 Å². The van der Waals surface area contributed by atoms with E-state index < -0.39 is 0 Å². The average Bonchev–Trinajstić information content (AvgIpc) is 2.88. The minimum atomic E-state index is 0.683. The minimum Gasteiger partial charge on any atom is -0.374 e. The Kier molecular flexibility index (Phi) is 4.40. The van der Waals surface area contributed by atoms with Crippen molar-refractivity contribution >= 4 is 33.0 Å². The second-order valence-electron chi connectivity index (χ2n) is 4.06. The first-order valence-electron chi connectivity index (χ1n) is 5.63. The van der Waals surface area contributed by atoms with Crippen LogP contribution in [0.4, 0.5) is 5.69 Å². The summed E-state index contributed by atoms with van der Waals surface area (Å²) in [6.45, 7) is 0.946. The van der Waals surface area contributed by atoms with Gasteiger partial charge in [-0.1, -0.05) is 22.0 Å². The molecule has 92 valence electrons. The number of nitriles is 1. The highest BCUT2D eigenvalue weighted by molar-refractivity contribution is 9.10. The van der Waals surface area contributed by atoms with Gasteiger partial charge in [-0.3, -0.25) is 0 Å². The fourth-order valence-electron chi connectivity index (χ4n) is 1.72. The molecule has 0 radical (unpaired) electrons. The predicted molar refractivity (Wildman–Crippen MR) is 80.2 cm³/mol.